The first-order valence-electron chi connectivity index (χ1n) is 6.29. The first-order chi connectivity index (χ1) is 8.57. The van der Waals surface area contributed by atoms with Gasteiger partial charge in [0.1, 0.15) is 11.3 Å². The van der Waals surface area contributed by atoms with E-state index in [9.17, 15) is 9.90 Å². The molecule has 0 saturated heterocycles. The van der Waals surface area contributed by atoms with Crippen molar-refractivity contribution in [2.24, 2.45) is 0 Å². The van der Waals surface area contributed by atoms with E-state index in [1.807, 2.05) is 31.2 Å². The molecular weight excluding hydrogens is 230 g/mol. The smallest absolute Gasteiger partial charge is 0.323 e. The monoisotopic (exact) mass is 249 g/mol. The van der Waals surface area contributed by atoms with Gasteiger partial charge in [0.25, 0.3) is 0 Å². The lowest BCUT2D eigenvalue weighted by molar-refractivity contribution is -0.144. The number of hydrogen-bond donors (Lipinski definition) is 2. The molecule has 1 aliphatic heterocycles. The first-order valence-corrected chi connectivity index (χ1v) is 6.29. The summed E-state index contributed by atoms with van der Waals surface area (Å²) in [4.78, 5) is 11.3. The molecule has 0 aromatic heterocycles. The molecule has 4 heteroatoms. The Morgan fingerprint density at radius 2 is 2.28 bits per heavy atom. The molecule has 2 atom stereocenters. The van der Waals surface area contributed by atoms with Crippen LogP contribution in [0.15, 0.2) is 24.3 Å². The molecule has 0 bridgehead atoms. The first kappa shape index (κ1) is 12.9. The number of nitrogens with one attached hydrogen (secondary N) is 1. The second-order valence-corrected chi connectivity index (χ2v) is 4.86. The van der Waals surface area contributed by atoms with Crippen LogP contribution in [0.2, 0.25) is 0 Å². The van der Waals surface area contributed by atoms with Crippen molar-refractivity contribution in [1.29, 1.82) is 0 Å². The van der Waals surface area contributed by atoms with Gasteiger partial charge in [-0.3, -0.25) is 10.1 Å². The number of carboxylic acids is 1. The highest BCUT2D eigenvalue weighted by atomic mass is 16.5. The summed E-state index contributed by atoms with van der Waals surface area (Å²) in [6, 6.07) is 7.83. The van der Waals surface area contributed by atoms with Crippen molar-refractivity contribution < 1.29 is 14.6 Å². The normalized spacial score (nSPS) is 21.6. The predicted octanol–water partition coefficient (Wildman–Crippen LogP) is 2.35. The van der Waals surface area contributed by atoms with Gasteiger partial charge in [0.15, 0.2) is 0 Å². The van der Waals surface area contributed by atoms with Crippen LogP contribution >= 0.6 is 0 Å². The molecule has 18 heavy (non-hydrogen) atoms. The average Bonchev–Trinajstić information content (AvgIpc) is 2.39. The van der Waals surface area contributed by atoms with Crippen LogP contribution in [0, 0.1) is 0 Å². The Balaban J connectivity index is 2.23. The molecule has 4 nitrogen and oxygen atoms in total. The molecule has 2 rings (SSSR count). The van der Waals surface area contributed by atoms with Crippen molar-refractivity contribution in [2.45, 2.75) is 38.3 Å². The van der Waals surface area contributed by atoms with Gasteiger partial charge in [-0.2, -0.15) is 0 Å². The molecule has 98 valence electrons. The van der Waals surface area contributed by atoms with Crippen LogP contribution in [0.3, 0.4) is 0 Å². The van der Waals surface area contributed by atoms with E-state index in [1.54, 1.807) is 6.92 Å². The molecule has 0 radical (unpaired) electrons. The van der Waals surface area contributed by atoms with Gasteiger partial charge in [0.05, 0.1) is 6.61 Å². The highest BCUT2D eigenvalue weighted by molar-refractivity contribution is 5.78. The van der Waals surface area contributed by atoms with Crippen molar-refractivity contribution in [1.82, 2.24) is 5.32 Å². The van der Waals surface area contributed by atoms with Gasteiger partial charge in [-0.05, 0) is 19.4 Å². The lowest BCUT2D eigenvalue weighted by Gasteiger charge is -2.34. The van der Waals surface area contributed by atoms with Crippen molar-refractivity contribution >= 4 is 5.97 Å². The number of aliphatic carboxylic acids is 1. The minimum atomic E-state index is -0.894. The summed E-state index contributed by atoms with van der Waals surface area (Å²) in [7, 11) is 0. The topological polar surface area (TPSA) is 58.6 Å². The maximum absolute atomic E-state index is 11.3. The fourth-order valence-corrected chi connectivity index (χ4v) is 2.19. The van der Waals surface area contributed by atoms with Gasteiger partial charge >= 0.3 is 5.97 Å². The van der Waals surface area contributed by atoms with Crippen molar-refractivity contribution in [3.63, 3.8) is 0 Å². The summed E-state index contributed by atoms with van der Waals surface area (Å²) in [6.45, 7) is 4.23. The predicted molar refractivity (Wildman–Crippen MR) is 68.8 cm³/mol. The van der Waals surface area contributed by atoms with Crippen LogP contribution in [-0.2, 0) is 4.79 Å². The molecule has 0 saturated carbocycles. The summed E-state index contributed by atoms with van der Waals surface area (Å²) in [5.41, 5.74) is 0.152. The SMILES string of the molecule is CCC(C)(NC1CCOc2ccccc21)C(=O)O. The summed E-state index contributed by atoms with van der Waals surface area (Å²) in [5, 5.41) is 12.6. The quantitative estimate of drug-likeness (QED) is 0.860. The molecule has 0 aliphatic carbocycles. The standard InChI is InChI=1S/C14H19NO3/c1-3-14(2,13(16)17)15-11-8-9-18-12-7-5-4-6-10(11)12/h4-7,11,15H,3,8-9H2,1-2H3,(H,16,17). The number of para-hydroxylation sites is 1. The lowest BCUT2D eigenvalue weighted by Crippen LogP contribution is -2.51. The van der Waals surface area contributed by atoms with Crippen LogP contribution < -0.4 is 10.1 Å². The Morgan fingerprint density at radius 3 is 2.94 bits per heavy atom. The molecule has 1 heterocycles. The Hall–Kier alpha value is -1.55. The van der Waals surface area contributed by atoms with E-state index in [0.29, 0.717) is 13.0 Å². The van der Waals surface area contributed by atoms with E-state index in [0.717, 1.165) is 17.7 Å². The zero-order chi connectivity index (χ0) is 13.2. The van der Waals surface area contributed by atoms with Gasteiger partial charge in [0.2, 0.25) is 0 Å². The van der Waals surface area contributed by atoms with E-state index in [4.69, 9.17) is 4.74 Å². The summed E-state index contributed by atoms with van der Waals surface area (Å²) < 4.78 is 5.57. The zero-order valence-electron chi connectivity index (χ0n) is 10.8. The molecule has 1 aliphatic rings. The van der Waals surface area contributed by atoms with Crippen LogP contribution in [0.25, 0.3) is 0 Å². The molecule has 2 N–H and O–H groups in total. The van der Waals surface area contributed by atoms with E-state index in [1.165, 1.54) is 0 Å². The van der Waals surface area contributed by atoms with E-state index in [2.05, 4.69) is 5.32 Å². The molecule has 0 fully saturated rings. The molecule has 0 amide bonds. The number of hydrogen-bond acceptors (Lipinski definition) is 3. The summed E-state index contributed by atoms with van der Waals surface area (Å²) in [6.07, 6.45) is 1.34. The second-order valence-electron chi connectivity index (χ2n) is 4.86. The molecular formula is C14H19NO3. The number of fused-ring (bicyclic) bond motifs is 1. The molecule has 2 unspecified atom stereocenters. The van der Waals surface area contributed by atoms with Gasteiger partial charge in [0, 0.05) is 18.0 Å². The minimum absolute atomic E-state index is 0.0380. The number of carboxylic acid groups (broad SMARTS) is 1. The van der Waals surface area contributed by atoms with E-state index < -0.39 is 11.5 Å². The van der Waals surface area contributed by atoms with Crippen LogP contribution in [0.5, 0.6) is 5.75 Å². The Morgan fingerprint density at radius 1 is 1.56 bits per heavy atom. The summed E-state index contributed by atoms with van der Waals surface area (Å²) >= 11 is 0. The number of benzene rings is 1. The third-order valence-corrected chi connectivity index (χ3v) is 3.63. The largest absolute Gasteiger partial charge is 0.493 e. The second kappa shape index (κ2) is 4.98. The van der Waals surface area contributed by atoms with Gasteiger partial charge < -0.3 is 9.84 Å². The molecule has 1 aromatic rings. The van der Waals surface area contributed by atoms with Crippen LogP contribution in [0.4, 0.5) is 0 Å². The number of ether oxygens (including phenoxy) is 1. The zero-order valence-corrected chi connectivity index (χ0v) is 10.8. The fraction of sp³-hybridized carbons (Fsp3) is 0.500. The van der Waals surface area contributed by atoms with Gasteiger partial charge in [-0.25, -0.2) is 0 Å². The number of rotatable bonds is 4. The highest BCUT2D eigenvalue weighted by Gasteiger charge is 2.35. The highest BCUT2D eigenvalue weighted by Crippen LogP contribution is 2.33. The van der Waals surface area contributed by atoms with Crippen molar-refractivity contribution in [3.05, 3.63) is 29.8 Å². The third-order valence-electron chi connectivity index (χ3n) is 3.63. The maximum atomic E-state index is 11.3. The Bertz CT molecular complexity index is 446. The third kappa shape index (κ3) is 2.34. The fourth-order valence-electron chi connectivity index (χ4n) is 2.19. The van der Waals surface area contributed by atoms with Crippen molar-refractivity contribution in [2.75, 3.05) is 6.61 Å². The van der Waals surface area contributed by atoms with Gasteiger partial charge in [-0.15, -0.1) is 0 Å². The number of carbonyl (C=O) groups is 1. The van der Waals surface area contributed by atoms with Crippen LogP contribution in [-0.4, -0.2) is 23.2 Å². The van der Waals surface area contributed by atoms with Gasteiger partial charge in [-0.1, -0.05) is 25.1 Å². The van der Waals surface area contributed by atoms with E-state index >= 15 is 0 Å². The van der Waals surface area contributed by atoms with E-state index in [-0.39, 0.29) is 6.04 Å². The van der Waals surface area contributed by atoms with Crippen LogP contribution in [0.1, 0.15) is 38.3 Å². The van der Waals surface area contributed by atoms with Crippen molar-refractivity contribution in [3.8, 4) is 5.75 Å². The maximum Gasteiger partial charge on any atom is 0.323 e. The molecule has 1 aromatic carbocycles. The minimum Gasteiger partial charge on any atom is -0.493 e. The Labute approximate surface area is 107 Å². The Kier molecular flexibility index (Phi) is 3.57. The molecule has 0 spiro atoms. The lowest BCUT2D eigenvalue weighted by atomic mass is 9.93. The average molecular weight is 249 g/mol. The summed E-state index contributed by atoms with van der Waals surface area (Å²) in [5.74, 6) is 0.0408.